The molecule has 0 saturated heterocycles. The summed E-state index contributed by atoms with van der Waals surface area (Å²) in [5.41, 5.74) is 1.32. The average molecular weight is 311 g/mol. The minimum absolute atomic E-state index is 0.0246. The molecule has 0 saturated carbocycles. The summed E-state index contributed by atoms with van der Waals surface area (Å²) in [6.07, 6.45) is -0.734. The van der Waals surface area contributed by atoms with Crippen LogP contribution in [0.15, 0.2) is 48.5 Å². The number of carbonyl (C=O) groups is 3. The number of ether oxygens (including phenoxy) is 1. The van der Waals surface area contributed by atoms with E-state index < -0.39 is 23.9 Å². The van der Waals surface area contributed by atoms with Gasteiger partial charge in [0.25, 0.3) is 5.91 Å². The molecule has 2 aromatic rings. The van der Waals surface area contributed by atoms with Gasteiger partial charge in [-0.1, -0.05) is 30.3 Å². The van der Waals surface area contributed by atoms with Gasteiger partial charge in [-0.2, -0.15) is 0 Å². The maximum atomic E-state index is 12.3. The summed E-state index contributed by atoms with van der Waals surface area (Å²) in [5, 5.41) is 11.6. The Balaban J connectivity index is 1.81. The van der Waals surface area contributed by atoms with E-state index in [9.17, 15) is 14.4 Å². The van der Waals surface area contributed by atoms with Crippen LogP contribution in [0.3, 0.4) is 0 Å². The van der Waals surface area contributed by atoms with Gasteiger partial charge in [-0.3, -0.25) is 4.79 Å². The van der Waals surface area contributed by atoms with Gasteiger partial charge in [0.15, 0.2) is 6.10 Å². The van der Waals surface area contributed by atoms with Crippen molar-refractivity contribution < 1.29 is 24.2 Å². The summed E-state index contributed by atoms with van der Waals surface area (Å²) in [4.78, 5) is 35.4. The van der Waals surface area contributed by atoms with Crippen molar-refractivity contribution in [1.82, 2.24) is 0 Å². The molecule has 1 aliphatic rings. The van der Waals surface area contributed by atoms with E-state index in [0.29, 0.717) is 5.56 Å². The van der Waals surface area contributed by atoms with Crippen LogP contribution in [0.4, 0.5) is 5.69 Å². The molecule has 0 aliphatic carbocycles. The van der Waals surface area contributed by atoms with Gasteiger partial charge in [0, 0.05) is 6.42 Å². The second kappa shape index (κ2) is 5.92. The van der Waals surface area contributed by atoms with Crippen molar-refractivity contribution in [1.29, 1.82) is 0 Å². The first kappa shape index (κ1) is 14.8. The number of fused-ring (bicyclic) bond motifs is 1. The molecule has 0 fully saturated rings. The second-order valence-electron chi connectivity index (χ2n) is 5.10. The molecule has 3 rings (SSSR count). The minimum atomic E-state index is -1.15. The molecule has 1 atom stereocenters. The number of esters is 1. The van der Waals surface area contributed by atoms with Gasteiger partial charge >= 0.3 is 11.9 Å². The fourth-order valence-corrected chi connectivity index (χ4v) is 2.47. The van der Waals surface area contributed by atoms with Gasteiger partial charge in [-0.15, -0.1) is 0 Å². The van der Waals surface area contributed by atoms with E-state index in [4.69, 9.17) is 9.84 Å². The molecule has 6 heteroatoms. The first-order valence-electron chi connectivity index (χ1n) is 6.98. The molecule has 1 aliphatic heterocycles. The lowest BCUT2D eigenvalue weighted by Gasteiger charge is -2.24. The van der Waals surface area contributed by atoms with E-state index in [1.807, 2.05) is 0 Å². The number of nitrogens with one attached hydrogen (secondary N) is 1. The molecule has 23 heavy (non-hydrogen) atoms. The van der Waals surface area contributed by atoms with Crippen LogP contribution in [0.2, 0.25) is 0 Å². The Morgan fingerprint density at radius 1 is 1.09 bits per heavy atom. The Morgan fingerprint density at radius 3 is 2.57 bits per heavy atom. The summed E-state index contributed by atoms with van der Waals surface area (Å²) < 4.78 is 5.15. The molecular formula is C17H13NO5. The van der Waals surface area contributed by atoms with Crippen molar-refractivity contribution in [3.8, 4) is 0 Å². The third-order valence-electron chi connectivity index (χ3n) is 3.60. The van der Waals surface area contributed by atoms with Gasteiger partial charge in [-0.05, 0) is 23.8 Å². The van der Waals surface area contributed by atoms with E-state index in [0.717, 1.165) is 5.56 Å². The standard InChI is InChI=1S/C17H13NO5/c19-15(18-13-8-4-3-7-12(13)16(20)21)14-9-10-5-1-2-6-11(10)17(22)23-14/h1-8,14H,9H2,(H,18,19)(H,20,21)/t14-/m1/s1. The monoisotopic (exact) mass is 311 g/mol. The number of carbonyl (C=O) groups excluding carboxylic acids is 2. The predicted molar refractivity (Wildman–Crippen MR) is 81.4 cm³/mol. The lowest BCUT2D eigenvalue weighted by Crippen LogP contribution is -2.38. The molecule has 6 nitrogen and oxygen atoms in total. The van der Waals surface area contributed by atoms with Crippen molar-refractivity contribution in [2.75, 3.05) is 5.32 Å². The number of anilines is 1. The van der Waals surface area contributed by atoms with Gasteiger partial charge in [-0.25, -0.2) is 9.59 Å². The number of cyclic esters (lactones) is 1. The lowest BCUT2D eigenvalue weighted by molar-refractivity contribution is -0.125. The van der Waals surface area contributed by atoms with Gasteiger partial charge < -0.3 is 15.2 Å². The molecular weight excluding hydrogens is 298 g/mol. The van der Waals surface area contributed by atoms with Crippen molar-refractivity contribution in [2.24, 2.45) is 0 Å². The Kier molecular flexibility index (Phi) is 3.80. The normalized spacial score (nSPS) is 16.2. The molecule has 1 amide bonds. The number of benzene rings is 2. The molecule has 1 heterocycles. The summed E-state index contributed by atoms with van der Waals surface area (Å²) in [6, 6.07) is 13.0. The average Bonchev–Trinajstić information content (AvgIpc) is 2.55. The fourth-order valence-electron chi connectivity index (χ4n) is 2.47. The van der Waals surface area contributed by atoms with E-state index in [1.54, 1.807) is 36.4 Å². The van der Waals surface area contributed by atoms with Crippen LogP contribution in [0.1, 0.15) is 26.3 Å². The number of para-hydroxylation sites is 1. The quantitative estimate of drug-likeness (QED) is 0.847. The van der Waals surface area contributed by atoms with Crippen LogP contribution < -0.4 is 5.32 Å². The third-order valence-corrected chi connectivity index (χ3v) is 3.60. The summed E-state index contributed by atoms with van der Waals surface area (Å²) >= 11 is 0. The largest absolute Gasteiger partial charge is 0.478 e. The fraction of sp³-hybridized carbons (Fsp3) is 0.118. The van der Waals surface area contributed by atoms with Crippen LogP contribution in [0.5, 0.6) is 0 Å². The number of hydrogen-bond acceptors (Lipinski definition) is 4. The summed E-state index contributed by atoms with van der Waals surface area (Å²) in [7, 11) is 0. The number of carboxylic acid groups (broad SMARTS) is 1. The van der Waals surface area contributed by atoms with E-state index >= 15 is 0 Å². The number of carboxylic acids is 1. The molecule has 0 aromatic heterocycles. The first-order valence-corrected chi connectivity index (χ1v) is 6.98. The highest BCUT2D eigenvalue weighted by Gasteiger charge is 2.31. The first-order chi connectivity index (χ1) is 11.1. The van der Waals surface area contributed by atoms with E-state index in [1.165, 1.54) is 12.1 Å². The Morgan fingerprint density at radius 2 is 1.78 bits per heavy atom. The molecule has 116 valence electrons. The third kappa shape index (κ3) is 2.91. The van der Waals surface area contributed by atoms with E-state index in [-0.39, 0.29) is 17.7 Å². The van der Waals surface area contributed by atoms with Crippen LogP contribution in [0, 0.1) is 0 Å². The predicted octanol–water partition coefficient (Wildman–Crippen LogP) is 2.10. The van der Waals surface area contributed by atoms with E-state index in [2.05, 4.69) is 5.32 Å². The highest BCUT2D eigenvalue weighted by Crippen LogP contribution is 2.22. The Hall–Kier alpha value is -3.15. The van der Waals surface area contributed by atoms with Crippen LogP contribution in [-0.4, -0.2) is 29.1 Å². The van der Waals surface area contributed by atoms with Gasteiger partial charge in [0.05, 0.1) is 16.8 Å². The number of aromatic carboxylic acids is 1. The Labute approximate surface area is 131 Å². The molecule has 2 N–H and O–H groups in total. The van der Waals surface area contributed by atoms with Crippen LogP contribution >= 0.6 is 0 Å². The number of hydrogen-bond donors (Lipinski definition) is 2. The zero-order valence-electron chi connectivity index (χ0n) is 12.0. The maximum absolute atomic E-state index is 12.3. The lowest BCUT2D eigenvalue weighted by atomic mass is 9.98. The highest BCUT2D eigenvalue weighted by atomic mass is 16.5. The smallest absolute Gasteiger partial charge is 0.339 e. The van der Waals surface area contributed by atoms with Crippen molar-refractivity contribution in [3.63, 3.8) is 0 Å². The summed E-state index contributed by atoms with van der Waals surface area (Å²) in [5.74, 6) is -2.26. The topological polar surface area (TPSA) is 92.7 Å². The van der Waals surface area contributed by atoms with Crippen molar-refractivity contribution in [2.45, 2.75) is 12.5 Å². The minimum Gasteiger partial charge on any atom is -0.478 e. The molecule has 0 radical (unpaired) electrons. The van der Waals surface area contributed by atoms with Gasteiger partial charge in [0.1, 0.15) is 0 Å². The van der Waals surface area contributed by atoms with Crippen LogP contribution in [0.25, 0.3) is 0 Å². The second-order valence-corrected chi connectivity index (χ2v) is 5.10. The molecule has 0 bridgehead atoms. The SMILES string of the molecule is O=C1O[C@@H](C(=O)Nc2ccccc2C(=O)O)Cc2ccccc21. The van der Waals surface area contributed by atoms with Gasteiger partial charge in [0.2, 0.25) is 0 Å². The zero-order valence-corrected chi connectivity index (χ0v) is 12.0. The highest BCUT2D eigenvalue weighted by molar-refractivity contribution is 6.03. The number of amides is 1. The summed E-state index contributed by atoms with van der Waals surface area (Å²) in [6.45, 7) is 0. The zero-order chi connectivity index (χ0) is 16.4. The molecule has 0 spiro atoms. The van der Waals surface area contributed by atoms with Crippen LogP contribution in [-0.2, 0) is 16.0 Å². The number of rotatable bonds is 3. The molecule has 0 unspecified atom stereocenters. The Bertz CT molecular complexity index is 799. The van der Waals surface area contributed by atoms with Crippen molar-refractivity contribution >= 4 is 23.5 Å². The maximum Gasteiger partial charge on any atom is 0.339 e. The van der Waals surface area contributed by atoms with Crippen molar-refractivity contribution in [3.05, 3.63) is 65.2 Å². The molecule has 2 aromatic carbocycles.